The second-order valence-corrected chi connectivity index (χ2v) is 4.94. The highest BCUT2D eigenvalue weighted by Crippen LogP contribution is 2.17. The average Bonchev–Trinajstić information content (AvgIpc) is 2.24. The molecule has 0 aromatic heterocycles. The summed E-state index contributed by atoms with van der Waals surface area (Å²) in [4.78, 5) is 2.39. The Bertz CT molecular complexity index is 315. The lowest BCUT2D eigenvalue weighted by molar-refractivity contribution is 0.183. The summed E-state index contributed by atoms with van der Waals surface area (Å²) in [5.74, 6) is 0.925. The van der Waals surface area contributed by atoms with Gasteiger partial charge in [0.05, 0.1) is 0 Å². The molecule has 0 saturated heterocycles. The van der Waals surface area contributed by atoms with Gasteiger partial charge in [-0.15, -0.1) is 0 Å². The van der Waals surface area contributed by atoms with Crippen molar-refractivity contribution in [1.29, 1.82) is 0 Å². The summed E-state index contributed by atoms with van der Waals surface area (Å²) in [5, 5.41) is 0. The molecule has 0 radical (unpaired) electrons. The number of halogens is 1. The normalized spacial score (nSPS) is 11.1. The summed E-state index contributed by atoms with van der Waals surface area (Å²) in [6, 6.07) is 8.54. The predicted molar refractivity (Wildman–Crippen MR) is 72.0 cm³/mol. The first-order chi connectivity index (χ1) is 7.63. The Morgan fingerprint density at radius 3 is 2.69 bits per heavy atom. The molecule has 0 spiro atoms. The topological polar surface area (TPSA) is 12.5 Å². The molecule has 0 aliphatic heterocycles. The van der Waals surface area contributed by atoms with Crippen molar-refractivity contribution in [2.75, 3.05) is 19.7 Å². The van der Waals surface area contributed by atoms with E-state index in [0.29, 0.717) is 6.04 Å². The van der Waals surface area contributed by atoms with Crippen molar-refractivity contribution in [1.82, 2.24) is 4.90 Å². The maximum Gasteiger partial charge on any atom is 0.120 e. The molecule has 0 fully saturated rings. The van der Waals surface area contributed by atoms with Gasteiger partial charge < -0.3 is 4.74 Å². The lowest BCUT2D eigenvalue weighted by Crippen LogP contribution is -2.34. The van der Waals surface area contributed by atoms with Gasteiger partial charge in [-0.05, 0) is 38.6 Å². The lowest BCUT2D eigenvalue weighted by atomic mass is 10.3. The number of ether oxygens (including phenoxy) is 1. The van der Waals surface area contributed by atoms with Gasteiger partial charge >= 0.3 is 0 Å². The Balaban J connectivity index is 2.35. The minimum atomic E-state index is 0.580. The third-order valence-electron chi connectivity index (χ3n) is 2.58. The third kappa shape index (κ3) is 4.54. The third-order valence-corrected chi connectivity index (χ3v) is 3.07. The zero-order valence-corrected chi connectivity index (χ0v) is 11.8. The van der Waals surface area contributed by atoms with E-state index in [1.165, 1.54) is 0 Å². The summed E-state index contributed by atoms with van der Waals surface area (Å²) < 4.78 is 6.75. The number of nitrogens with zero attached hydrogens (tertiary/aromatic N) is 1. The molecule has 0 atom stereocenters. The van der Waals surface area contributed by atoms with Crippen molar-refractivity contribution in [2.45, 2.75) is 26.8 Å². The molecular formula is C13H20BrNO. The SMILES string of the molecule is CCN(CCOc1cccc(Br)c1)C(C)C. The summed E-state index contributed by atoms with van der Waals surface area (Å²) in [5.41, 5.74) is 0. The standard InChI is InChI=1S/C13H20BrNO/c1-4-15(11(2)3)8-9-16-13-7-5-6-12(14)10-13/h5-7,10-11H,4,8-9H2,1-3H3. The van der Waals surface area contributed by atoms with Gasteiger partial charge in [-0.2, -0.15) is 0 Å². The summed E-state index contributed by atoms with van der Waals surface area (Å²) >= 11 is 3.43. The molecule has 0 bridgehead atoms. The quantitative estimate of drug-likeness (QED) is 0.793. The Labute approximate surface area is 107 Å². The van der Waals surface area contributed by atoms with Gasteiger partial charge in [-0.25, -0.2) is 0 Å². The van der Waals surface area contributed by atoms with E-state index < -0.39 is 0 Å². The van der Waals surface area contributed by atoms with Gasteiger partial charge in [0.1, 0.15) is 12.4 Å². The molecule has 0 N–H and O–H groups in total. The van der Waals surface area contributed by atoms with Crippen LogP contribution in [0.25, 0.3) is 0 Å². The number of hydrogen-bond donors (Lipinski definition) is 0. The fourth-order valence-corrected chi connectivity index (χ4v) is 2.00. The number of rotatable bonds is 6. The fourth-order valence-electron chi connectivity index (χ4n) is 1.62. The Kier molecular flexibility index (Phi) is 5.85. The molecule has 1 aromatic rings. The molecule has 1 rings (SSSR count). The Hall–Kier alpha value is -0.540. The number of benzene rings is 1. The molecule has 1 aromatic carbocycles. The van der Waals surface area contributed by atoms with Crippen molar-refractivity contribution in [3.8, 4) is 5.75 Å². The fraction of sp³-hybridized carbons (Fsp3) is 0.538. The van der Waals surface area contributed by atoms with E-state index in [4.69, 9.17) is 4.74 Å². The molecular weight excluding hydrogens is 266 g/mol. The first kappa shape index (κ1) is 13.5. The first-order valence-electron chi connectivity index (χ1n) is 5.76. The monoisotopic (exact) mass is 285 g/mol. The number of hydrogen-bond acceptors (Lipinski definition) is 2. The summed E-state index contributed by atoms with van der Waals surface area (Å²) in [6.45, 7) is 9.38. The van der Waals surface area contributed by atoms with Crippen LogP contribution in [0, 0.1) is 0 Å². The second kappa shape index (κ2) is 6.92. The minimum Gasteiger partial charge on any atom is -0.492 e. The molecule has 3 heteroatoms. The largest absolute Gasteiger partial charge is 0.492 e. The van der Waals surface area contributed by atoms with E-state index in [2.05, 4.69) is 41.6 Å². The van der Waals surface area contributed by atoms with Crippen LogP contribution in [0.4, 0.5) is 0 Å². The predicted octanol–water partition coefficient (Wildman–Crippen LogP) is 3.56. The maximum absolute atomic E-state index is 5.70. The molecule has 0 amide bonds. The zero-order chi connectivity index (χ0) is 12.0. The van der Waals surface area contributed by atoms with Crippen LogP contribution in [0.5, 0.6) is 5.75 Å². The van der Waals surface area contributed by atoms with E-state index >= 15 is 0 Å². The van der Waals surface area contributed by atoms with Gasteiger partial charge in [0.15, 0.2) is 0 Å². The van der Waals surface area contributed by atoms with Crippen LogP contribution in [0.15, 0.2) is 28.7 Å². The van der Waals surface area contributed by atoms with Crippen LogP contribution >= 0.6 is 15.9 Å². The molecule has 0 aliphatic carbocycles. The van der Waals surface area contributed by atoms with Crippen molar-refractivity contribution in [3.63, 3.8) is 0 Å². The maximum atomic E-state index is 5.70. The van der Waals surface area contributed by atoms with Crippen molar-refractivity contribution in [2.24, 2.45) is 0 Å². The van der Waals surface area contributed by atoms with E-state index in [9.17, 15) is 0 Å². The molecule has 90 valence electrons. The van der Waals surface area contributed by atoms with Crippen LogP contribution < -0.4 is 4.74 Å². The highest BCUT2D eigenvalue weighted by atomic mass is 79.9. The van der Waals surface area contributed by atoms with Crippen LogP contribution in [-0.4, -0.2) is 30.6 Å². The second-order valence-electron chi connectivity index (χ2n) is 4.03. The van der Waals surface area contributed by atoms with Gasteiger partial charge in [0.2, 0.25) is 0 Å². The van der Waals surface area contributed by atoms with Gasteiger partial charge in [0, 0.05) is 17.1 Å². The van der Waals surface area contributed by atoms with Crippen LogP contribution in [0.1, 0.15) is 20.8 Å². The van der Waals surface area contributed by atoms with E-state index in [-0.39, 0.29) is 0 Å². The van der Waals surface area contributed by atoms with Crippen LogP contribution in [0.3, 0.4) is 0 Å². The first-order valence-corrected chi connectivity index (χ1v) is 6.55. The molecule has 0 saturated carbocycles. The van der Waals surface area contributed by atoms with E-state index in [1.54, 1.807) is 0 Å². The number of likely N-dealkylation sites (N-methyl/N-ethyl adjacent to an activating group) is 1. The average molecular weight is 286 g/mol. The molecule has 0 aliphatic rings. The molecule has 2 nitrogen and oxygen atoms in total. The van der Waals surface area contributed by atoms with Crippen molar-refractivity contribution >= 4 is 15.9 Å². The Morgan fingerprint density at radius 2 is 2.12 bits per heavy atom. The van der Waals surface area contributed by atoms with Gasteiger partial charge in [-0.1, -0.05) is 28.9 Å². The molecule has 16 heavy (non-hydrogen) atoms. The summed E-state index contributed by atoms with van der Waals surface area (Å²) in [7, 11) is 0. The van der Waals surface area contributed by atoms with Gasteiger partial charge in [-0.3, -0.25) is 4.90 Å². The van der Waals surface area contributed by atoms with Crippen molar-refractivity contribution in [3.05, 3.63) is 28.7 Å². The highest BCUT2D eigenvalue weighted by Gasteiger charge is 2.06. The highest BCUT2D eigenvalue weighted by molar-refractivity contribution is 9.10. The molecule has 0 unspecified atom stereocenters. The van der Waals surface area contributed by atoms with Crippen molar-refractivity contribution < 1.29 is 4.74 Å². The van der Waals surface area contributed by atoms with E-state index in [0.717, 1.165) is 29.9 Å². The Morgan fingerprint density at radius 1 is 1.38 bits per heavy atom. The minimum absolute atomic E-state index is 0.580. The summed E-state index contributed by atoms with van der Waals surface area (Å²) in [6.07, 6.45) is 0. The van der Waals surface area contributed by atoms with E-state index in [1.807, 2.05) is 24.3 Å². The molecule has 0 heterocycles. The zero-order valence-electron chi connectivity index (χ0n) is 10.2. The van der Waals surface area contributed by atoms with Crippen LogP contribution in [-0.2, 0) is 0 Å². The smallest absolute Gasteiger partial charge is 0.120 e. The van der Waals surface area contributed by atoms with Gasteiger partial charge in [0.25, 0.3) is 0 Å². The van der Waals surface area contributed by atoms with Crippen LogP contribution in [0.2, 0.25) is 0 Å². The lowest BCUT2D eigenvalue weighted by Gasteiger charge is -2.24.